The highest BCUT2D eigenvalue weighted by molar-refractivity contribution is 6.74. The van der Waals surface area contributed by atoms with Gasteiger partial charge in [0.1, 0.15) is 6.10 Å². The molecule has 1 amide bonds. The van der Waals surface area contributed by atoms with Crippen LogP contribution in [0.15, 0.2) is 12.7 Å². The van der Waals surface area contributed by atoms with Crippen LogP contribution in [0.25, 0.3) is 0 Å². The summed E-state index contributed by atoms with van der Waals surface area (Å²) in [4.78, 5) is 17.8. The molecule has 0 radical (unpaired) electrons. The molecule has 0 aromatic carbocycles. The van der Waals surface area contributed by atoms with Gasteiger partial charge in [0.05, 0.1) is 13.2 Å². The number of likely N-dealkylation sites (N-methyl/N-ethyl adjacent to an activating group) is 1. The average molecular weight is 388 g/mol. The molecule has 0 bridgehead atoms. The Morgan fingerprint density at radius 3 is 2.38 bits per heavy atom. The summed E-state index contributed by atoms with van der Waals surface area (Å²) < 4.78 is 18.7. The minimum atomic E-state index is -2.06. The Kier molecular flexibility index (Phi) is 7.64. The Balaban J connectivity index is 3.15. The number of hydrogen-bond acceptors (Lipinski definition) is 5. The van der Waals surface area contributed by atoms with Crippen molar-refractivity contribution in [2.24, 2.45) is 0 Å². The van der Waals surface area contributed by atoms with Crippen molar-refractivity contribution in [2.75, 3.05) is 14.2 Å². The number of amides is 1. The lowest BCUT2D eigenvalue weighted by atomic mass is 10.0. The largest absolute Gasteiger partial charge is 0.411 e. The lowest BCUT2D eigenvalue weighted by Gasteiger charge is -2.41. The summed E-state index contributed by atoms with van der Waals surface area (Å²) in [7, 11) is 0.967. The molecule has 0 aromatic heterocycles. The smallest absolute Gasteiger partial charge is 0.277 e. The molecule has 0 saturated carbocycles. The number of allylic oxidation sites excluding steroid dienone is 1. The van der Waals surface area contributed by atoms with Gasteiger partial charge in [0.15, 0.2) is 20.2 Å². The van der Waals surface area contributed by atoms with Crippen molar-refractivity contribution < 1.29 is 23.5 Å². The van der Waals surface area contributed by atoms with Crippen LogP contribution in [0.5, 0.6) is 0 Å². The van der Waals surface area contributed by atoms with E-state index >= 15 is 0 Å². The number of hydroxylamine groups is 2. The first-order valence-corrected chi connectivity index (χ1v) is 12.1. The number of carbonyl (C=O) groups is 1. The molecule has 0 unspecified atom stereocenters. The quantitative estimate of drug-likeness (QED) is 0.359. The molecule has 1 heterocycles. The molecule has 1 aliphatic rings. The van der Waals surface area contributed by atoms with Gasteiger partial charge in [-0.15, -0.1) is 6.58 Å². The summed E-state index contributed by atoms with van der Waals surface area (Å²) in [5.74, 6) is -1.13. The fourth-order valence-electron chi connectivity index (χ4n) is 2.65. The maximum absolute atomic E-state index is 12.7. The van der Waals surface area contributed by atoms with E-state index in [1.54, 1.807) is 7.05 Å². The molecule has 0 aromatic rings. The second kappa shape index (κ2) is 8.52. The molecule has 1 rings (SSSR count). The van der Waals surface area contributed by atoms with Crippen molar-refractivity contribution in [3.8, 4) is 0 Å². The SMILES string of the molecule is C=CCC[C@@H](O[Si](C)(C)C(C)(C)C)[C@@H]1OC(C)(C)O[C@H]1C(=O)N(C)OC. The van der Waals surface area contributed by atoms with Crippen LogP contribution in [0.4, 0.5) is 0 Å². The van der Waals surface area contributed by atoms with E-state index in [0.29, 0.717) is 0 Å². The van der Waals surface area contributed by atoms with Gasteiger partial charge in [-0.05, 0) is 44.8 Å². The van der Waals surface area contributed by atoms with E-state index < -0.39 is 26.3 Å². The Labute approximate surface area is 159 Å². The lowest BCUT2D eigenvalue weighted by molar-refractivity contribution is -0.187. The summed E-state index contributed by atoms with van der Waals surface area (Å²) in [5, 5.41) is 1.23. The van der Waals surface area contributed by atoms with Crippen LogP contribution >= 0.6 is 0 Å². The van der Waals surface area contributed by atoms with Crippen molar-refractivity contribution in [1.82, 2.24) is 5.06 Å². The molecule has 6 nitrogen and oxygen atoms in total. The fraction of sp³-hybridized carbons (Fsp3) is 0.842. The summed E-state index contributed by atoms with van der Waals surface area (Å²) >= 11 is 0. The van der Waals surface area contributed by atoms with Gasteiger partial charge >= 0.3 is 0 Å². The first-order chi connectivity index (χ1) is 11.8. The number of carbonyl (C=O) groups excluding carboxylic acids is 1. The predicted octanol–water partition coefficient (Wildman–Crippen LogP) is 3.88. The maximum atomic E-state index is 12.7. The third-order valence-corrected chi connectivity index (χ3v) is 9.73. The fourth-order valence-corrected chi connectivity index (χ4v) is 4.01. The van der Waals surface area contributed by atoms with Gasteiger partial charge in [0.25, 0.3) is 5.91 Å². The monoisotopic (exact) mass is 387 g/mol. The lowest BCUT2D eigenvalue weighted by Crippen LogP contribution is -2.52. The van der Waals surface area contributed by atoms with E-state index in [1.165, 1.54) is 12.2 Å². The summed E-state index contributed by atoms with van der Waals surface area (Å²) in [6.45, 7) is 18.4. The van der Waals surface area contributed by atoms with E-state index in [1.807, 2.05) is 19.9 Å². The van der Waals surface area contributed by atoms with Gasteiger partial charge < -0.3 is 13.9 Å². The van der Waals surface area contributed by atoms with Crippen LogP contribution < -0.4 is 0 Å². The first kappa shape index (κ1) is 23.3. The number of ether oxygens (including phenoxy) is 2. The first-order valence-electron chi connectivity index (χ1n) is 9.22. The minimum Gasteiger partial charge on any atom is -0.411 e. The summed E-state index contributed by atoms with van der Waals surface area (Å²) in [6, 6.07) is 0. The zero-order chi connectivity index (χ0) is 20.3. The van der Waals surface area contributed by atoms with Gasteiger partial charge in [0.2, 0.25) is 0 Å². The molecule has 0 aliphatic carbocycles. The summed E-state index contributed by atoms with van der Waals surface area (Å²) in [5.41, 5.74) is 0. The van der Waals surface area contributed by atoms with Gasteiger partial charge in [0, 0.05) is 7.05 Å². The highest BCUT2D eigenvalue weighted by atomic mass is 28.4. The molecular weight excluding hydrogens is 350 g/mol. The van der Waals surface area contributed by atoms with Crippen molar-refractivity contribution in [3.05, 3.63) is 12.7 Å². The van der Waals surface area contributed by atoms with E-state index in [0.717, 1.165) is 12.8 Å². The minimum absolute atomic E-state index is 0.0528. The zero-order valence-electron chi connectivity index (χ0n) is 17.9. The molecule has 3 atom stereocenters. The van der Waals surface area contributed by atoms with Crippen molar-refractivity contribution in [1.29, 1.82) is 0 Å². The standard InChI is InChI=1S/C19H37NO5Si/c1-11-12-13-14(25-26(9,10)18(2,3)4)15-16(17(21)20(7)22-8)24-19(5,6)23-15/h11,14-16H,1,12-13H2,2-10H3/t14-,15+,16-/m1/s1. The van der Waals surface area contributed by atoms with Crippen molar-refractivity contribution in [2.45, 2.75) is 89.7 Å². The molecule has 1 aliphatic heterocycles. The van der Waals surface area contributed by atoms with E-state index in [9.17, 15) is 4.79 Å². The summed E-state index contributed by atoms with van der Waals surface area (Å²) in [6.07, 6.45) is 1.84. The van der Waals surface area contributed by atoms with Crippen LogP contribution in [0, 0.1) is 0 Å². The van der Waals surface area contributed by atoms with Crippen LogP contribution in [0.2, 0.25) is 18.1 Å². The Hall–Kier alpha value is -0.733. The third kappa shape index (κ3) is 5.63. The number of hydrogen-bond donors (Lipinski definition) is 0. The molecule has 7 heteroatoms. The van der Waals surface area contributed by atoms with Gasteiger partial charge in [-0.3, -0.25) is 9.63 Å². The van der Waals surface area contributed by atoms with Crippen molar-refractivity contribution >= 4 is 14.2 Å². The van der Waals surface area contributed by atoms with Gasteiger partial charge in [-0.2, -0.15) is 0 Å². The second-order valence-corrected chi connectivity index (χ2v) is 13.6. The Morgan fingerprint density at radius 1 is 1.35 bits per heavy atom. The van der Waals surface area contributed by atoms with Gasteiger partial charge in [-0.1, -0.05) is 26.8 Å². The molecule has 26 heavy (non-hydrogen) atoms. The van der Waals surface area contributed by atoms with Crippen LogP contribution in [0.3, 0.4) is 0 Å². The van der Waals surface area contributed by atoms with E-state index in [2.05, 4.69) is 40.4 Å². The van der Waals surface area contributed by atoms with Crippen LogP contribution in [-0.4, -0.2) is 57.5 Å². The Bertz CT molecular complexity index is 501. The Morgan fingerprint density at radius 2 is 1.92 bits per heavy atom. The molecule has 152 valence electrons. The molecular formula is C19H37NO5Si. The molecule has 0 spiro atoms. The molecule has 0 N–H and O–H groups in total. The average Bonchev–Trinajstić information content (AvgIpc) is 2.84. The third-order valence-electron chi connectivity index (χ3n) is 5.23. The zero-order valence-corrected chi connectivity index (χ0v) is 18.9. The van der Waals surface area contributed by atoms with Crippen LogP contribution in [-0.2, 0) is 23.5 Å². The number of rotatable bonds is 8. The number of nitrogens with zero attached hydrogens (tertiary/aromatic N) is 1. The van der Waals surface area contributed by atoms with E-state index in [4.69, 9.17) is 18.7 Å². The van der Waals surface area contributed by atoms with Crippen molar-refractivity contribution in [3.63, 3.8) is 0 Å². The highest BCUT2D eigenvalue weighted by Crippen LogP contribution is 2.40. The van der Waals surface area contributed by atoms with Crippen LogP contribution in [0.1, 0.15) is 47.5 Å². The molecule has 1 fully saturated rings. The molecule has 1 saturated heterocycles. The topological polar surface area (TPSA) is 57.2 Å². The van der Waals surface area contributed by atoms with E-state index in [-0.39, 0.29) is 17.0 Å². The normalized spacial score (nSPS) is 24.3. The highest BCUT2D eigenvalue weighted by Gasteiger charge is 2.52. The second-order valence-electron chi connectivity index (χ2n) is 8.82. The predicted molar refractivity (Wildman–Crippen MR) is 105 cm³/mol. The van der Waals surface area contributed by atoms with Gasteiger partial charge in [-0.25, -0.2) is 5.06 Å². The maximum Gasteiger partial charge on any atom is 0.277 e.